The minimum Gasteiger partial charge on any atom is -0.205 e. The SMILES string of the molecule is N#Cc1cccc(C2C=CC(c3ccc(S(=O)(=O)NF)cc3)=CC2=S)c1. The number of halogens is 1. The van der Waals surface area contributed by atoms with Gasteiger partial charge in [0.25, 0.3) is 10.0 Å². The minimum absolute atomic E-state index is 0.0996. The number of hydrogen-bond acceptors (Lipinski definition) is 4. The fraction of sp³-hybridized carbons (Fsp3) is 0.0526. The molecule has 3 rings (SSSR count). The van der Waals surface area contributed by atoms with Crippen molar-refractivity contribution < 1.29 is 12.9 Å². The van der Waals surface area contributed by atoms with Crippen LogP contribution in [0.2, 0.25) is 0 Å². The Balaban J connectivity index is 1.86. The third-order valence-electron chi connectivity index (χ3n) is 4.05. The van der Waals surface area contributed by atoms with E-state index < -0.39 is 10.0 Å². The molecule has 0 saturated heterocycles. The molecule has 0 amide bonds. The maximum atomic E-state index is 12.3. The van der Waals surface area contributed by atoms with Crippen LogP contribution >= 0.6 is 12.2 Å². The van der Waals surface area contributed by atoms with Crippen LogP contribution in [-0.2, 0) is 10.0 Å². The molecule has 1 aliphatic carbocycles. The molecule has 1 atom stereocenters. The number of benzene rings is 2. The summed E-state index contributed by atoms with van der Waals surface area (Å²) in [6.45, 7) is 0. The molecule has 2 aromatic carbocycles. The Morgan fingerprint density at radius 3 is 2.50 bits per heavy atom. The number of nitrogens with one attached hydrogen (secondary N) is 1. The molecule has 0 aliphatic heterocycles. The van der Waals surface area contributed by atoms with Gasteiger partial charge in [-0.1, -0.05) is 48.6 Å². The Kier molecular flexibility index (Phi) is 5.09. The first-order valence-corrected chi connectivity index (χ1v) is 9.50. The molecular formula is C19H13FN2O2S2. The van der Waals surface area contributed by atoms with E-state index in [1.807, 2.05) is 36.4 Å². The Morgan fingerprint density at radius 2 is 1.88 bits per heavy atom. The van der Waals surface area contributed by atoms with E-state index in [1.54, 1.807) is 18.2 Å². The van der Waals surface area contributed by atoms with Crippen LogP contribution in [0, 0.1) is 11.3 Å². The molecule has 4 nitrogen and oxygen atoms in total. The molecule has 130 valence electrons. The number of nitriles is 1. The topological polar surface area (TPSA) is 70.0 Å². The number of thiocarbonyl (C=S) groups is 1. The van der Waals surface area contributed by atoms with Crippen LogP contribution in [0.3, 0.4) is 0 Å². The van der Waals surface area contributed by atoms with Gasteiger partial charge in [-0.05, 0) is 52.0 Å². The molecule has 1 aliphatic rings. The van der Waals surface area contributed by atoms with Crippen molar-refractivity contribution in [3.05, 3.63) is 83.4 Å². The Morgan fingerprint density at radius 1 is 1.15 bits per heavy atom. The maximum Gasteiger partial charge on any atom is 0.266 e. The van der Waals surface area contributed by atoms with Gasteiger partial charge in [-0.15, -0.1) is 4.48 Å². The summed E-state index contributed by atoms with van der Waals surface area (Å²) in [5.41, 5.74) is 3.12. The first kappa shape index (κ1) is 18.1. The summed E-state index contributed by atoms with van der Waals surface area (Å²) >= 11 is 5.50. The van der Waals surface area contributed by atoms with Crippen molar-refractivity contribution in [1.29, 1.82) is 5.26 Å². The number of rotatable bonds is 4. The molecule has 7 heteroatoms. The molecular weight excluding hydrogens is 371 g/mol. The van der Waals surface area contributed by atoms with Crippen molar-refractivity contribution in [1.82, 2.24) is 4.94 Å². The van der Waals surface area contributed by atoms with Gasteiger partial charge in [0, 0.05) is 10.8 Å². The van der Waals surface area contributed by atoms with Gasteiger partial charge < -0.3 is 0 Å². The standard InChI is InChI=1S/C19H13FN2O2S2/c20-22-26(23,24)17-7-4-14(5-8-17)15-6-9-18(19(25)11-15)16-3-1-2-13(10-16)12-21/h1-11,18,22H. The van der Waals surface area contributed by atoms with Crippen LogP contribution in [0.5, 0.6) is 0 Å². The second-order valence-corrected chi connectivity index (χ2v) is 7.79. The summed E-state index contributed by atoms with van der Waals surface area (Å²) in [6, 6.07) is 15.3. The molecule has 26 heavy (non-hydrogen) atoms. The molecule has 0 bridgehead atoms. The lowest BCUT2D eigenvalue weighted by Gasteiger charge is -2.18. The fourth-order valence-electron chi connectivity index (χ4n) is 2.71. The van der Waals surface area contributed by atoms with Crippen LogP contribution in [0.15, 0.2) is 71.7 Å². The van der Waals surface area contributed by atoms with E-state index in [4.69, 9.17) is 17.5 Å². The molecule has 1 N–H and O–H groups in total. The first-order valence-electron chi connectivity index (χ1n) is 7.61. The van der Waals surface area contributed by atoms with Gasteiger partial charge in [0.05, 0.1) is 16.5 Å². The quantitative estimate of drug-likeness (QED) is 0.642. The van der Waals surface area contributed by atoms with Gasteiger partial charge in [0.15, 0.2) is 0 Å². The molecule has 0 fully saturated rings. The molecule has 0 radical (unpaired) electrons. The Bertz CT molecular complexity index is 1070. The lowest BCUT2D eigenvalue weighted by Crippen LogP contribution is -2.14. The summed E-state index contributed by atoms with van der Waals surface area (Å²) in [5.74, 6) is -0.0996. The van der Waals surface area contributed by atoms with Crippen molar-refractivity contribution >= 4 is 32.7 Å². The zero-order chi connectivity index (χ0) is 18.7. The van der Waals surface area contributed by atoms with E-state index in [9.17, 15) is 12.9 Å². The van der Waals surface area contributed by atoms with Gasteiger partial charge in [-0.2, -0.15) is 5.26 Å². The predicted octanol–water partition coefficient (Wildman–Crippen LogP) is 3.83. The van der Waals surface area contributed by atoms with Gasteiger partial charge in [-0.25, -0.2) is 8.42 Å². The molecule has 0 heterocycles. The van der Waals surface area contributed by atoms with E-state index in [2.05, 4.69) is 6.07 Å². The predicted molar refractivity (Wildman–Crippen MR) is 101 cm³/mol. The largest absolute Gasteiger partial charge is 0.266 e. The minimum atomic E-state index is -4.11. The van der Waals surface area contributed by atoms with Crippen LogP contribution in [-0.4, -0.2) is 13.3 Å². The van der Waals surface area contributed by atoms with E-state index in [-0.39, 0.29) is 10.8 Å². The second kappa shape index (κ2) is 7.30. The van der Waals surface area contributed by atoms with Crippen molar-refractivity contribution in [2.75, 3.05) is 0 Å². The molecule has 0 saturated carbocycles. The highest BCUT2D eigenvalue weighted by atomic mass is 32.2. The van der Waals surface area contributed by atoms with Crippen molar-refractivity contribution in [2.24, 2.45) is 0 Å². The first-order chi connectivity index (χ1) is 12.4. The monoisotopic (exact) mass is 384 g/mol. The summed E-state index contributed by atoms with van der Waals surface area (Å²) < 4.78 is 35.2. The highest BCUT2D eigenvalue weighted by Crippen LogP contribution is 2.30. The van der Waals surface area contributed by atoms with E-state index in [0.29, 0.717) is 10.4 Å². The molecule has 0 aromatic heterocycles. The smallest absolute Gasteiger partial charge is 0.205 e. The van der Waals surface area contributed by atoms with Gasteiger partial charge in [0.1, 0.15) is 0 Å². The number of allylic oxidation sites excluding steroid dienone is 4. The summed E-state index contributed by atoms with van der Waals surface area (Å²) in [7, 11) is -4.11. The normalized spacial score (nSPS) is 16.8. The van der Waals surface area contributed by atoms with Gasteiger partial charge >= 0.3 is 0 Å². The molecule has 0 spiro atoms. The van der Waals surface area contributed by atoms with Crippen molar-refractivity contribution in [3.8, 4) is 6.07 Å². The summed E-state index contributed by atoms with van der Waals surface area (Å²) in [4.78, 5) is 1.34. The summed E-state index contributed by atoms with van der Waals surface area (Å²) in [5, 5.41) is 9.03. The number of nitrogens with zero attached hydrogens (tertiary/aromatic N) is 1. The maximum absolute atomic E-state index is 12.3. The van der Waals surface area contributed by atoms with E-state index in [0.717, 1.165) is 21.6 Å². The average Bonchev–Trinajstić information content (AvgIpc) is 2.68. The lowest BCUT2D eigenvalue weighted by atomic mass is 9.87. The highest BCUT2D eigenvalue weighted by molar-refractivity contribution is 7.89. The van der Waals surface area contributed by atoms with Gasteiger partial charge in [0.2, 0.25) is 0 Å². The number of sulfonamides is 1. The van der Waals surface area contributed by atoms with Crippen LogP contribution in [0.1, 0.15) is 22.6 Å². The van der Waals surface area contributed by atoms with Crippen molar-refractivity contribution in [3.63, 3.8) is 0 Å². The highest BCUT2D eigenvalue weighted by Gasteiger charge is 2.18. The zero-order valence-corrected chi connectivity index (χ0v) is 15.0. The average molecular weight is 384 g/mol. The van der Waals surface area contributed by atoms with E-state index in [1.165, 1.54) is 12.1 Å². The molecule has 1 unspecified atom stereocenters. The third kappa shape index (κ3) is 3.63. The third-order valence-corrected chi connectivity index (χ3v) is 5.51. The number of hydrogen-bond donors (Lipinski definition) is 1. The Hall–Kier alpha value is -2.66. The van der Waals surface area contributed by atoms with Gasteiger partial charge in [-0.3, -0.25) is 0 Å². The second-order valence-electron chi connectivity index (χ2n) is 5.68. The Labute approximate surface area is 156 Å². The van der Waals surface area contributed by atoms with Crippen LogP contribution in [0.4, 0.5) is 4.48 Å². The molecule has 2 aromatic rings. The van der Waals surface area contributed by atoms with Crippen LogP contribution < -0.4 is 4.94 Å². The fourth-order valence-corrected chi connectivity index (χ4v) is 3.64. The lowest BCUT2D eigenvalue weighted by molar-refractivity contribution is 0.425. The zero-order valence-electron chi connectivity index (χ0n) is 13.4. The van der Waals surface area contributed by atoms with E-state index >= 15 is 0 Å². The van der Waals surface area contributed by atoms with Crippen molar-refractivity contribution in [2.45, 2.75) is 10.8 Å². The van der Waals surface area contributed by atoms with Crippen LogP contribution in [0.25, 0.3) is 5.57 Å². The summed E-state index contributed by atoms with van der Waals surface area (Å²) in [6.07, 6.45) is 5.69.